The molecule has 0 fully saturated rings. The Morgan fingerprint density at radius 2 is 0.853 bits per heavy atom. The lowest BCUT2D eigenvalue weighted by Crippen LogP contribution is -2.29. The second-order valence-corrected chi connectivity index (χ2v) is 9.60. The largest absolute Gasteiger partial charge is 0.395 e. The minimum Gasteiger partial charge on any atom is -0.395 e. The molecule has 3 N–H and O–H groups in total. The lowest BCUT2D eigenvalue weighted by Gasteiger charge is -2.05. The van der Waals surface area contributed by atoms with Crippen LogP contribution in [0.4, 0.5) is 0 Å². The Kier molecular flexibility index (Phi) is 33.2. The normalized spacial score (nSPS) is 10.6. The first kappa shape index (κ1) is 35.2. The predicted molar refractivity (Wildman–Crippen MR) is 147 cm³/mol. The molecule has 5 heteroatoms. The Bertz CT molecular complexity index is 380. The fourth-order valence-electron chi connectivity index (χ4n) is 3.85. The average Bonchev–Trinajstić information content (AvgIpc) is 2.82. The van der Waals surface area contributed by atoms with E-state index in [1.165, 1.54) is 89.9 Å². The van der Waals surface area contributed by atoms with Gasteiger partial charge in [-0.05, 0) is 25.8 Å². The van der Waals surface area contributed by atoms with E-state index in [4.69, 9.17) is 5.11 Å². The smallest absolute Gasteiger partial charge is 0.226 e. The van der Waals surface area contributed by atoms with E-state index < -0.39 is 0 Å². The molecular weight excluding hydrogens is 424 g/mol. The van der Waals surface area contributed by atoms with Crippen molar-refractivity contribution in [1.29, 1.82) is 0 Å². The zero-order valence-electron chi connectivity index (χ0n) is 23.2. The summed E-state index contributed by atoms with van der Waals surface area (Å²) in [5.41, 5.74) is 0. The van der Waals surface area contributed by atoms with Crippen LogP contribution < -0.4 is 10.6 Å². The number of nitrogens with one attached hydrogen (secondary N) is 2. The molecule has 34 heavy (non-hydrogen) atoms. The summed E-state index contributed by atoms with van der Waals surface area (Å²) in [6.45, 7) is 8.58. The van der Waals surface area contributed by atoms with Crippen molar-refractivity contribution in [2.24, 2.45) is 0 Å². The van der Waals surface area contributed by atoms with Gasteiger partial charge in [-0.25, -0.2) is 0 Å². The molecule has 0 radical (unpaired) electrons. The Morgan fingerprint density at radius 1 is 0.500 bits per heavy atom. The number of aliphatic hydroxyl groups is 1. The zero-order valence-corrected chi connectivity index (χ0v) is 23.2. The highest BCUT2D eigenvalue weighted by atomic mass is 16.3. The van der Waals surface area contributed by atoms with Gasteiger partial charge in [0.15, 0.2) is 0 Å². The Labute approximate surface area is 212 Å². The van der Waals surface area contributed by atoms with Gasteiger partial charge in [-0.1, -0.05) is 124 Å². The number of hydrogen-bond acceptors (Lipinski definition) is 4. The van der Waals surface area contributed by atoms with Crippen LogP contribution in [-0.4, -0.2) is 36.6 Å². The summed E-state index contributed by atoms with van der Waals surface area (Å²) in [7, 11) is 0. The van der Waals surface area contributed by atoms with Gasteiger partial charge in [-0.15, -0.1) is 0 Å². The first-order chi connectivity index (χ1) is 16.6. The molecule has 0 aliphatic rings. The van der Waals surface area contributed by atoms with E-state index in [1.807, 2.05) is 0 Å². The topological polar surface area (TPSA) is 78.4 Å². The van der Waals surface area contributed by atoms with E-state index >= 15 is 0 Å². The summed E-state index contributed by atoms with van der Waals surface area (Å²) >= 11 is 0. The maximum absolute atomic E-state index is 11.8. The molecular formula is C29H60N2O3. The molecule has 0 aromatic rings. The summed E-state index contributed by atoms with van der Waals surface area (Å²) < 4.78 is 0. The van der Waals surface area contributed by atoms with Gasteiger partial charge in [0.2, 0.25) is 11.8 Å². The van der Waals surface area contributed by atoms with Crippen LogP contribution in [0.15, 0.2) is 0 Å². The second-order valence-electron chi connectivity index (χ2n) is 9.60. The molecule has 0 atom stereocenters. The van der Waals surface area contributed by atoms with Crippen molar-refractivity contribution < 1.29 is 14.7 Å². The van der Waals surface area contributed by atoms with E-state index in [0.717, 1.165) is 45.2 Å². The Balaban J connectivity index is 0. The first-order valence-corrected chi connectivity index (χ1v) is 14.8. The summed E-state index contributed by atoms with van der Waals surface area (Å²) in [5, 5.41) is 13.8. The van der Waals surface area contributed by atoms with Crippen LogP contribution in [-0.2, 0) is 9.59 Å². The van der Waals surface area contributed by atoms with Gasteiger partial charge in [-0.3, -0.25) is 14.9 Å². The molecule has 0 unspecified atom stereocenters. The third-order valence-electron chi connectivity index (χ3n) is 6.01. The van der Waals surface area contributed by atoms with Crippen LogP contribution in [0.1, 0.15) is 156 Å². The van der Waals surface area contributed by atoms with Crippen LogP contribution >= 0.6 is 0 Å². The summed E-state index contributed by atoms with van der Waals surface area (Å²) in [6.07, 6.45) is 24.5. The molecule has 0 saturated carbocycles. The molecule has 0 aliphatic heterocycles. The molecule has 0 aromatic carbocycles. The lowest BCUT2D eigenvalue weighted by molar-refractivity contribution is -0.130. The number of carbonyl (C=O) groups excluding carboxylic acids is 2. The third-order valence-corrected chi connectivity index (χ3v) is 6.01. The van der Waals surface area contributed by atoms with Crippen LogP contribution in [0.2, 0.25) is 0 Å². The molecule has 0 rings (SSSR count). The Hall–Kier alpha value is -0.940. The SMILES string of the molecule is CCCCCCCCCCCC(=O)NC(=O)CCCCCCCCCCC.CCCNCCO. The van der Waals surface area contributed by atoms with Gasteiger partial charge in [0.1, 0.15) is 0 Å². The molecule has 0 aliphatic carbocycles. The molecule has 0 heterocycles. The number of amides is 2. The Morgan fingerprint density at radius 3 is 1.18 bits per heavy atom. The molecule has 0 bridgehead atoms. The van der Waals surface area contributed by atoms with Crippen LogP contribution in [0.3, 0.4) is 0 Å². The average molecular weight is 485 g/mol. The molecule has 2 amide bonds. The predicted octanol–water partition coefficient (Wildman–Crippen LogP) is 7.45. The summed E-state index contributed by atoms with van der Waals surface area (Å²) in [6, 6.07) is 0. The fraction of sp³-hybridized carbons (Fsp3) is 0.931. The van der Waals surface area contributed by atoms with Gasteiger partial charge in [0.05, 0.1) is 6.61 Å². The van der Waals surface area contributed by atoms with Crippen LogP contribution in [0.25, 0.3) is 0 Å². The van der Waals surface area contributed by atoms with Gasteiger partial charge in [0.25, 0.3) is 0 Å². The van der Waals surface area contributed by atoms with E-state index in [-0.39, 0.29) is 18.4 Å². The van der Waals surface area contributed by atoms with E-state index in [0.29, 0.717) is 12.8 Å². The summed E-state index contributed by atoms with van der Waals surface area (Å²) in [5.74, 6) is -0.169. The molecule has 5 nitrogen and oxygen atoms in total. The van der Waals surface area contributed by atoms with E-state index in [1.54, 1.807) is 0 Å². The van der Waals surface area contributed by atoms with Crippen molar-refractivity contribution in [3.8, 4) is 0 Å². The number of rotatable bonds is 24. The highest BCUT2D eigenvalue weighted by Gasteiger charge is 2.07. The van der Waals surface area contributed by atoms with Crippen LogP contribution in [0, 0.1) is 0 Å². The number of unbranched alkanes of at least 4 members (excludes halogenated alkanes) is 16. The molecule has 0 spiro atoms. The monoisotopic (exact) mass is 484 g/mol. The van der Waals surface area contributed by atoms with Gasteiger partial charge < -0.3 is 10.4 Å². The number of aliphatic hydroxyl groups excluding tert-OH is 1. The highest BCUT2D eigenvalue weighted by Crippen LogP contribution is 2.11. The van der Waals surface area contributed by atoms with Gasteiger partial charge in [0, 0.05) is 19.4 Å². The maximum Gasteiger partial charge on any atom is 0.226 e. The zero-order chi connectivity index (χ0) is 25.5. The van der Waals surface area contributed by atoms with Crippen molar-refractivity contribution >= 4 is 11.8 Å². The van der Waals surface area contributed by atoms with Gasteiger partial charge >= 0.3 is 0 Å². The lowest BCUT2D eigenvalue weighted by atomic mass is 10.1. The number of carbonyl (C=O) groups is 2. The molecule has 204 valence electrons. The standard InChI is InChI=1S/C24H47NO2.C5H13NO/c1-3-5-7-9-11-13-15-17-19-21-23(26)25-24(27)22-20-18-16-14-12-10-8-6-4-2;1-2-3-6-4-5-7/h3-22H2,1-2H3,(H,25,26,27);6-7H,2-5H2,1H3. The van der Waals surface area contributed by atoms with E-state index in [9.17, 15) is 9.59 Å². The first-order valence-electron chi connectivity index (χ1n) is 14.8. The molecule has 0 saturated heterocycles. The molecule has 0 aromatic heterocycles. The minimum atomic E-state index is -0.0844. The van der Waals surface area contributed by atoms with Crippen molar-refractivity contribution in [3.63, 3.8) is 0 Å². The fourth-order valence-corrected chi connectivity index (χ4v) is 3.85. The quantitative estimate of drug-likeness (QED) is 0.124. The second kappa shape index (κ2) is 32.1. The highest BCUT2D eigenvalue weighted by molar-refractivity contribution is 5.95. The van der Waals surface area contributed by atoms with Crippen molar-refractivity contribution in [1.82, 2.24) is 10.6 Å². The maximum atomic E-state index is 11.8. The van der Waals surface area contributed by atoms with Crippen molar-refractivity contribution in [3.05, 3.63) is 0 Å². The number of hydrogen-bond donors (Lipinski definition) is 3. The summed E-state index contributed by atoms with van der Waals surface area (Å²) in [4.78, 5) is 23.6. The van der Waals surface area contributed by atoms with Crippen LogP contribution in [0.5, 0.6) is 0 Å². The van der Waals surface area contributed by atoms with Gasteiger partial charge in [-0.2, -0.15) is 0 Å². The van der Waals surface area contributed by atoms with Crippen molar-refractivity contribution in [2.45, 2.75) is 156 Å². The minimum absolute atomic E-state index is 0.0844. The van der Waals surface area contributed by atoms with E-state index in [2.05, 4.69) is 31.4 Å². The third kappa shape index (κ3) is 33.2. The number of imide groups is 1. The van der Waals surface area contributed by atoms with Crippen molar-refractivity contribution in [2.75, 3.05) is 19.7 Å².